The second-order valence-corrected chi connectivity index (χ2v) is 5.31. The van der Waals surface area contributed by atoms with Crippen LogP contribution in [-0.2, 0) is 14.3 Å². The number of amides is 3. The molecule has 0 fully saturated rings. The topological polar surface area (TPSA) is 108 Å². The van der Waals surface area contributed by atoms with Gasteiger partial charge >= 0.3 is 12.0 Å². The predicted octanol–water partition coefficient (Wildman–Crippen LogP) is 2.07. The van der Waals surface area contributed by atoms with Crippen LogP contribution in [0.25, 0.3) is 6.08 Å². The summed E-state index contributed by atoms with van der Waals surface area (Å²) in [5.74, 6) is -1.69. The lowest BCUT2D eigenvalue weighted by molar-refractivity contribution is -0.144. The van der Waals surface area contributed by atoms with Crippen molar-refractivity contribution in [3.8, 4) is 6.07 Å². The van der Waals surface area contributed by atoms with Crippen molar-refractivity contribution in [2.75, 3.05) is 13.2 Å². The zero-order chi connectivity index (χ0) is 18.7. The van der Waals surface area contributed by atoms with Crippen LogP contribution in [0, 0.1) is 18.3 Å². The van der Waals surface area contributed by atoms with Crippen LogP contribution in [0.15, 0.2) is 29.8 Å². The van der Waals surface area contributed by atoms with E-state index < -0.39 is 24.5 Å². The summed E-state index contributed by atoms with van der Waals surface area (Å²) in [4.78, 5) is 34.8. The number of nitrogens with one attached hydrogen (secondary N) is 2. The molecule has 0 aromatic heterocycles. The lowest BCUT2D eigenvalue weighted by Crippen LogP contribution is -2.41. The molecule has 3 amide bonds. The number of carbonyl (C=O) groups is 3. The zero-order valence-corrected chi connectivity index (χ0v) is 14.3. The number of benzene rings is 1. The maximum Gasteiger partial charge on any atom is 0.349 e. The van der Waals surface area contributed by atoms with Gasteiger partial charge in [0.05, 0.1) is 0 Å². The number of nitriles is 1. The highest BCUT2D eigenvalue weighted by molar-refractivity contribution is 6.00. The Morgan fingerprint density at radius 1 is 1.24 bits per heavy atom. The fourth-order valence-corrected chi connectivity index (χ4v) is 1.76. The molecule has 0 atom stereocenters. The van der Waals surface area contributed by atoms with E-state index in [0.717, 1.165) is 18.4 Å². The molecule has 1 rings (SSSR count). The van der Waals surface area contributed by atoms with Crippen LogP contribution < -0.4 is 10.6 Å². The van der Waals surface area contributed by atoms with E-state index in [0.29, 0.717) is 12.1 Å². The monoisotopic (exact) mass is 343 g/mol. The Labute approximate surface area is 146 Å². The smallest absolute Gasteiger partial charge is 0.349 e. The van der Waals surface area contributed by atoms with Gasteiger partial charge in [0.15, 0.2) is 6.61 Å². The lowest BCUT2D eigenvalue weighted by atomic mass is 10.1. The Kier molecular flexibility index (Phi) is 8.44. The van der Waals surface area contributed by atoms with E-state index in [4.69, 9.17) is 10.00 Å². The van der Waals surface area contributed by atoms with Crippen molar-refractivity contribution >= 4 is 24.0 Å². The summed E-state index contributed by atoms with van der Waals surface area (Å²) in [5, 5.41) is 13.6. The number of unbranched alkanes of at least 4 members (excludes halogenated alkanes) is 1. The van der Waals surface area contributed by atoms with Gasteiger partial charge < -0.3 is 10.1 Å². The largest absolute Gasteiger partial charge is 0.451 e. The molecule has 0 unspecified atom stereocenters. The van der Waals surface area contributed by atoms with Gasteiger partial charge in [0.2, 0.25) is 0 Å². The quantitative estimate of drug-likeness (QED) is 0.341. The van der Waals surface area contributed by atoms with Crippen LogP contribution in [0.3, 0.4) is 0 Å². The molecule has 0 aliphatic carbocycles. The third-order valence-electron chi connectivity index (χ3n) is 3.13. The van der Waals surface area contributed by atoms with Crippen LogP contribution >= 0.6 is 0 Å². The van der Waals surface area contributed by atoms with Crippen molar-refractivity contribution in [2.24, 2.45) is 0 Å². The zero-order valence-electron chi connectivity index (χ0n) is 14.3. The highest BCUT2D eigenvalue weighted by atomic mass is 16.5. The summed E-state index contributed by atoms with van der Waals surface area (Å²) in [7, 11) is 0. The summed E-state index contributed by atoms with van der Waals surface area (Å²) < 4.78 is 4.76. The summed E-state index contributed by atoms with van der Waals surface area (Å²) in [5.41, 5.74) is 1.48. The number of rotatable bonds is 7. The number of hydrogen-bond donors (Lipinski definition) is 2. The minimum absolute atomic E-state index is 0.232. The summed E-state index contributed by atoms with van der Waals surface area (Å²) >= 11 is 0. The Balaban J connectivity index is 2.51. The van der Waals surface area contributed by atoms with E-state index in [1.165, 1.54) is 6.08 Å². The molecule has 1 aromatic rings. The first-order valence-corrected chi connectivity index (χ1v) is 7.89. The highest BCUT2D eigenvalue weighted by Crippen LogP contribution is 2.09. The maximum absolute atomic E-state index is 11.9. The van der Waals surface area contributed by atoms with Crippen molar-refractivity contribution in [3.63, 3.8) is 0 Å². The SMILES string of the molecule is CCCCNC(=O)NC(=O)COC(=O)/C(C#N)=C/c1ccc(C)cc1. The molecule has 0 spiro atoms. The first-order chi connectivity index (χ1) is 12.0. The van der Waals surface area contributed by atoms with Crippen LogP contribution in [0.2, 0.25) is 0 Å². The number of hydrogen-bond acceptors (Lipinski definition) is 5. The Morgan fingerprint density at radius 2 is 1.92 bits per heavy atom. The first-order valence-electron chi connectivity index (χ1n) is 7.89. The van der Waals surface area contributed by atoms with E-state index in [1.807, 2.05) is 31.3 Å². The minimum atomic E-state index is -0.926. The average molecular weight is 343 g/mol. The predicted molar refractivity (Wildman–Crippen MR) is 92.2 cm³/mol. The van der Waals surface area contributed by atoms with Gasteiger partial charge in [-0.25, -0.2) is 9.59 Å². The number of carbonyl (C=O) groups excluding carboxylic acids is 3. The number of imide groups is 1. The third kappa shape index (κ3) is 7.79. The Bertz CT molecular complexity index is 687. The van der Waals surface area contributed by atoms with Crippen LogP contribution in [0.5, 0.6) is 0 Å². The van der Waals surface area contributed by atoms with Crippen LogP contribution in [0.4, 0.5) is 4.79 Å². The molecule has 1 aromatic carbocycles. The second-order valence-electron chi connectivity index (χ2n) is 5.31. The molecular weight excluding hydrogens is 322 g/mol. The number of ether oxygens (including phenoxy) is 1. The van der Waals surface area contributed by atoms with Crippen LogP contribution in [0.1, 0.15) is 30.9 Å². The van der Waals surface area contributed by atoms with Gasteiger partial charge in [0.1, 0.15) is 11.6 Å². The molecule has 0 saturated heterocycles. The van der Waals surface area contributed by atoms with Gasteiger partial charge in [-0.05, 0) is 25.0 Å². The molecule has 7 nitrogen and oxygen atoms in total. The molecule has 7 heteroatoms. The molecule has 0 aliphatic heterocycles. The molecule has 25 heavy (non-hydrogen) atoms. The van der Waals surface area contributed by atoms with E-state index in [-0.39, 0.29) is 5.57 Å². The summed E-state index contributed by atoms with van der Waals surface area (Å²) in [6, 6.07) is 8.29. The number of aryl methyl sites for hydroxylation is 1. The number of esters is 1. The Hall–Kier alpha value is -3.14. The van der Waals surface area contributed by atoms with Gasteiger partial charge in [-0.1, -0.05) is 43.2 Å². The van der Waals surface area contributed by atoms with Gasteiger partial charge in [-0.2, -0.15) is 5.26 Å². The van der Waals surface area contributed by atoms with E-state index >= 15 is 0 Å². The fourth-order valence-electron chi connectivity index (χ4n) is 1.76. The highest BCUT2D eigenvalue weighted by Gasteiger charge is 2.14. The molecule has 0 bridgehead atoms. The molecule has 0 saturated carbocycles. The molecular formula is C18H21N3O4. The standard InChI is InChI=1S/C18H21N3O4/c1-3-4-9-20-18(24)21-16(22)12-25-17(23)15(11-19)10-14-7-5-13(2)6-8-14/h5-8,10H,3-4,9,12H2,1-2H3,(H2,20,21,22,24)/b15-10+. The number of urea groups is 1. The molecule has 0 heterocycles. The molecule has 132 valence electrons. The van der Waals surface area contributed by atoms with Crippen molar-refractivity contribution in [1.82, 2.24) is 10.6 Å². The van der Waals surface area contributed by atoms with Gasteiger partial charge in [-0.3, -0.25) is 10.1 Å². The van der Waals surface area contributed by atoms with Gasteiger partial charge in [0, 0.05) is 6.54 Å². The molecule has 0 aliphatic rings. The third-order valence-corrected chi connectivity index (χ3v) is 3.13. The minimum Gasteiger partial charge on any atom is -0.451 e. The van der Waals surface area contributed by atoms with Crippen molar-refractivity contribution in [3.05, 3.63) is 41.0 Å². The Morgan fingerprint density at radius 3 is 2.52 bits per heavy atom. The summed E-state index contributed by atoms with van der Waals surface area (Å²) in [6.45, 7) is 3.70. The molecule has 0 radical (unpaired) electrons. The normalized spacial score (nSPS) is 10.5. The van der Waals surface area contributed by atoms with E-state index in [2.05, 4.69) is 5.32 Å². The lowest BCUT2D eigenvalue weighted by Gasteiger charge is -2.06. The maximum atomic E-state index is 11.9. The van der Waals surface area contributed by atoms with Gasteiger partial charge in [0.25, 0.3) is 5.91 Å². The second kappa shape index (κ2) is 10.6. The average Bonchev–Trinajstić information content (AvgIpc) is 2.59. The van der Waals surface area contributed by atoms with Crippen molar-refractivity contribution in [1.29, 1.82) is 5.26 Å². The summed E-state index contributed by atoms with van der Waals surface area (Å²) in [6.07, 6.45) is 3.08. The first kappa shape index (κ1) is 19.9. The fraction of sp³-hybridized carbons (Fsp3) is 0.333. The van der Waals surface area contributed by atoms with Crippen molar-refractivity contribution < 1.29 is 19.1 Å². The van der Waals surface area contributed by atoms with E-state index in [1.54, 1.807) is 18.2 Å². The van der Waals surface area contributed by atoms with Crippen LogP contribution in [-0.4, -0.2) is 31.1 Å². The van der Waals surface area contributed by atoms with Crippen molar-refractivity contribution in [2.45, 2.75) is 26.7 Å². The van der Waals surface area contributed by atoms with E-state index in [9.17, 15) is 14.4 Å². The molecule has 2 N–H and O–H groups in total. The number of nitrogens with zero attached hydrogens (tertiary/aromatic N) is 1. The van der Waals surface area contributed by atoms with Gasteiger partial charge in [-0.15, -0.1) is 0 Å².